The lowest BCUT2D eigenvalue weighted by Crippen LogP contribution is -2.37. The predicted octanol–water partition coefficient (Wildman–Crippen LogP) is 4.56. The average Bonchev–Trinajstić information content (AvgIpc) is 3.28. The number of oxime groups is 1. The molecule has 31 heavy (non-hydrogen) atoms. The van der Waals surface area contributed by atoms with E-state index in [9.17, 15) is 9.59 Å². The van der Waals surface area contributed by atoms with Crippen LogP contribution in [0.3, 0.4) is 0 Å². The third-order valence-corrected chi connectivity index (χ3v) is 5.25. The molecule has 0 radical (unpaired) electrons. The fraction of sp³-hybridized carbons (Fsp3) is 0.115. The molecule has 2 atom stereocenters. The summed E-state index contributed by atoms with van der Waals surface area (Å²) in [6, 6.07) is 24.8. The summed E-state index contributed by atoms with van der Waals surface area (Å²) in [5.74, 6) is -0.724. The smallest absolute Gasteiger partial charge is 0.233 e. The van der Waals surface area contributed by atoms with Crippen LogP contribution in [0.15, 0.2) is 96.7 Å². The molecule has 4 rings (SSSR count). The molecular formula is C26H22N2O3. The second kappa shape index (κ2) is 9.22. The Morgan fingerprint density at radius 3 is 2.19 bits per heavy atom. The minimum Gasteiger partial charge on any atom is -0.386 e. The van der Waals surface area contributed by atoms with Crippen molar-refractivity contribution in [1.82, 2.24) is 5.32 Å². The van der Waals surface area contributed by atoms with Crippen LogP contribution in [0.1, 0.15) is 27.6 Å². The van der Waals surface area contributed by atoms with Crippen LogP contribution >= 0.6 is 0 Å². The van der Waals surface area contributed by atoms with Gasteiger partial charge in [0.25, 0.3) is 0 Å². The predicted molar refractivity (Wildman–Crippen MR) is 121 cm³/mol. The lowest BCUT2D eigenvalue weighted by molar-refractivity contribution is -0.125. The maximum atomic E-state index is 13.0. The van der Waals surface area contributed by atoms with Crippen LogP contribution in [0.4, 0.5) is 0 Å². The average molecular weight is 410 g/mol. The molecule has 5 nitrogen and oxygen atoms in total. The van der Waals surface area contributed by atoms with Crippen molar-refractivity contribution in [2.75, 3.05) is 6.54 Å². The minimum atomic E-state index is -0.569. The third-order valence-electron chi connectivity index (χ3n) is 5.25. The fourth-order valence-electron chi connectivity index (χ4n) is 3.63. The second-order valence-electron chi connectivity index (χ2n) is 7.24. The van der Waals surface area contributed by atoms with Crippen LogP contribution < -0.4 is 5.32 Å². The van der Waals surface area contributed by atoms with Gasteiger partial charge in [0, 0.05) is 17.7 Å². The summed E-state index contributed by atoms with van der Waals surface area (Å²) in [6.45, 7) is 4.04. The summed E-state index contributed by atoms with van der Waals surface area (Å²) in [5.41, 5.74) is 4.98. The van der Waals surface area contributed by atoms with Gasteiger partial charge in [-0.05, 0) is 16.7 Å². The number of nitrogens with zero attached hydrogens (tertiary/aromatic N) is 1. The van der Waals surface area contributed by atoms with Gasteiger partial charge in [0.2, 0.25) is 5.91 Å². The molecule has 0 unspecified atom stereocenters. The topological polar surface area (TPSA) is 67.8 Å². The van der Waals surface area contributed by atoms with Crippen molar-refractivity contribution in [3.8, 4) is 11.1 Å². The third kappa shape index (κ3) is 4.31. The van der Waals surface area contributed by atoms with E-state index < -0.39 is 12.0 Å². The van der Waals surface area contributed by atoms with Gasteiger partial charge in [-0.2, -0.15) is 0 Å². The number of hydrogen-bond acceptors (Lipinski definition) is 4. The van der Waals surface area contributed by atoms with Crippen LogP contribution in [-0.2, 0) is 9.63 Å². The van der Waals surface area contributed by atoms with E-state index in [0.29, 0.717) is 17.8 Å². The number of carbonyl (C=O) groups excluding carboxylic acids is 2. The normalized spacial score (nSPS) is 17.4. The van der Waals surface area contributed by atoms with Gasteiger partial charge >= 0.3 is 0 Å². The van der Waals surface area contributed by atoms with E-state index in [4.69, 9.17) is 4.84 Å². The molecule has 1 N–H and O–H groups in total. The molecule has 0 spiro atoms. The molecule has 1 amide bonds. The zero-order valence-corrected chi connectivity index (χ0v) is 16.9. The molecule has 0 aromatic heterocycles. The molecule has 0 saturated carbocycles. The van der Waals surface area contributed by atoms with Crippen LogP contribution in [0.2, 0.25) is 0 Å². The Bertz CT molecular complexity index is 1100. The van der Waals surface area contributed by atoms with Crippen LogP contribution in [0.25, 0.3) is 11.1 Å². The molecule has 1 aliphatic rings. The molecule has 5 heteroatoms. The van der Waals surface area contributed by atoms with Crippen LogP contribution in [-0.4, -0.2) is 24.4 Å². The Labute approximate surface area is 181 Å². The van der Waals surface area contributed by atoms with Gasteiger partial charge in [0.1, 0.15) is 17.9 Å². The summed E-state index contributed by atoms with van der Waals surface area (Å²) in [7, 11) is 0. The Hall–Kier alpha value is -3.99. The highest BCUT2D eigenvalue weighted by Gasteiger charge is 2.41. The van der Waals surface area contributed by atoms with Crippen molar-refractivity contribution in [2.45, 2.75) is 6.10 Å². The summed E-state index contributed by atoms with van der Waals surface area (Å²) < 4.78 is 0. The highest BCUT2D eigenvalue weighted by molar-refractivity contribution is 6.14. The zero-order valence-electron chi connectivity index (χ0n) is 16.9. The quantitative estimate of drug-likeness (QED) is 0.459. The van der Waals surface area contributed by atoms with Crippen LogP contribution in [0.5, 0.6) is 0 Å². The standard InChI is InChI=1S/C26H22N2O3/c1-2-16-27-26(30)23-24(21-6-4-3-5-7-21)28-31-25(23)22-14-12-20(13-15-22)19-10-8-18(17-29)9-11-19/h2-15,17,23,25H,1,16H2,(H,27,30)/t23-,25+/m1/s1. The minimum absolute atomic E-state index is 0.154. The van der Waals surface area contributed by atoms with E-state index in [1.54, 1.807) is 18.2 Å². The molecule has 1 aliphatic heterocycles. The van der Waals surface area contributed by atoms with Crippen molar-refractivity contribution in [1.29, 1.82) is 0 Å². The van der Waals surface area contributed by atoms with Crippen molar-refractivity contribution in [3.63, 3.8) is 0 Å². The Balaban J connectivity index is 1.61. The maximum absolute atomic E-state index is 13.0. The molecule has 0 aliphatic carbocycles. The second-order valence-corrected chi connectivity index (χ2v) is 7.24. The Kier molecular flexibility index (Phi) is 6.03. The monoisotopic (exact) mass is 410 g/mol. The summed E-state index contributed by atoms with van der Waals surface area (Å²) in [5, 5.41) is 7.15. The number of aldehydes is 1. The molecule has 0 bridgehead atoms. The number of hydrogen-bond donors (Lipinski definition) is 1. The van der Waals surface area contributed by atoms with Gasteiger partial charge in [0.05, 0.1) is 0 Å². The van der Waals surface area contributed by atoms with Crippen molar-refractivity contribution >= 4 is 17.9 Å². The Morgan fingerprint density at radius 1 is 0.935 bits per heavy atom. The van der Waals surface area contributed by atoms with Gasteiger partial charge in [-0.3, -0.25) is 9.59 Å². The van der Waals surface area contributed by atoms with Gasteiger partial charge in [-0.15, -0.1) is 6.58 Å². The van der Waals surface area contributed by atoms with E-state index in [1.165, 1.54) is 0 Å². The molecular weight excluding hydrogens is 388 g/mol. The number of nitrogens with one attached hydrogen (secondary N) is 1. The first-order chi connectivity index (χ1) is 15.2. The number of benzene rings is 3. The Morgan fingerprint density at radius 2 is 1.58 bits per heavy atom. The largest absolute Gasteiger partial charge is 0.386 e. The maximum Gasteiger partial charge on any atom is 0.233 e. The summed E-state index contributed by atoms with van der Waals surface area (Å²) >= 11 is 0. The lowest BCUT2D eigenvalue weighted by atomic mass is 9.87. The summed E-state index contributed by atoms with van der Waals surface area (Å²) in [6.07, 6.45) is 1.95. The lowest BCUT2D eigenvalue weighted by Gasteiger charge is -2.19. The number of amides is 1. The molecule has 3 aromatic carbocycles. The zero-order chi connectivity index (χ0) is 21.6. The first kappa shape index (κ1) is 20.3. The molecule has 0 saturated heterocycles. The van der Waals surface area contributed by atoms with Gasteiger partial charge in [-0.1, -0.05) is 90.1 Å². The fourth-order valence-corrected chi connectivity index (χ4v) is 3.63. The number of rotatable bonds is 7. The summed E-state index contributed by atoms with van der Waals surface area (Å²) in [4.78, 5) is 29.6. The molecule has 1 heterocycles. The molecule has 0 fully saturated rings. The highest BCUT2D eigenvalue weighted by Crippen LogP contribution is 2.36. The van der Waals surface area contributed by atoms with E-state index >= 15 is 0 Å². The molecule has 3 aromatic rings. The van der Waals surface area contributed by atoms with Crippen molar-refractivity contribution in [3.05, 3.63) is 108 Å². The SMILES string of the molecule is C=CCNC(=O)[C@@H]1C(c2ccccc2)=NO[C@H]1c1ccc(-c2ccc(C=O)cc2)cc1. The van der Waals surface area contributed by atoms with Crippen molar-refractivity contribution < 1.29 is 14.4 Å². The highest BCUT2D eigenvalue weighted by atomic mass is 16.6. The van der Waals surface area contributed by atoms with Crippen molar-refractivity contribution in [2.24, 2.45) is 11.1 Å². The number of carbonyl (C=O) groups is 2. The van der Waals surface area contributed by atoms with Gasteiger partial charge < -0.3 is 10.2 Å². The van der Waals surface area contributed by atoms with E-state index in [0.717, 1.165) is 28.5 Å². The van der Waals surface area contributed by atoms with Gasteiger partial charge in [-0.25, -0.2) is 0 Å². The first-order valence-electron chi connectivity index (χ1n) is 10.0. The van der Waals surface area contributed by atoms with E-state index in [2.05, 4.69) is 17.1 Å². The molecule has 154 valence electrons. The van der Waals surface area contributed by atoms with E-state index in [-0.39, 0.29) is 5.91 Å². The first-order valence-corrected chi connectivity index (χ1v) is 10.0. The van der Waals surface area contributed by atoms with Gasteiger partial charge in [0.15, 0.2) is 6.10 Å². The van der Waals surface area contributed by atoms with E-state index in [1.807, 2.05) is 66.7 Å². The van der Waals surface area contributed by atoms with Crippen LogP contribution in [0, 0.1) is 5.92 Å².